The van der Waals surface area contributed by atoms with Crippen LogP contribution in [0, 0.1) is 6.92 Å². The van der Waals surface area contributed by atoms with E-state index in [0.717, 1.165) is 23.4 Å². The number of aromatic nitrogens is 3. The van der Waals surface area contributed by atoms with Crippen molar-refractivity contribution in [2.24, 2.45) is 0 Å². The number of carbonyl (C=O) groups excluding carboxylic acids is 2. The summed E-state index contributed by atoms with van der Waals surface area (Å²) in [6.07, 6.45) is 3.57. The lowest BCUT2D eigenvalue weighted by atomic mass is 10.1. The highest BCUT2D eigenvalue weighted by Crippen LogP contribution is 2.23. The van der Waals surface area contributed by atoms with Crippen molar-refractivity contribution in [1.29, 1.82) is 0 Å². The molecule has 0 aromatic carbocycles. The Hall–Kier alpha value is -2.90. The molecule has 8 heteroatoms. The fourth-order valence-corrected chi connectivity index (χ4v) is 3.03. The molecule has 2 amide bonds. The molecule has 0 unspecified atom stereocenters. The molecule has 3 rings (SSSR count). The highest BCUT2D eigenvalue weighted by atomic mass is 16.2. The molecule has 0 spiro atoms. The average Bonchev–Trinajstić information content (AvgIpc) is 3.13. The zero-order valence-corrected chi connectivity index (χ0v) is 15.4. The number of aryl methyl sites for hydroxylation is 1. The zero-order chi connectivity index (χ0) is 18.7. The van der Waals surface area contributed by atoms with Crippen molar-refractivity contribution in [1.82, 2.24) is 24.8 Å². The van der Waals surface area contributed by atoms with Crippen LogP contribution < -0.4 is 5.32 Å². The van der Waals surface area contributed by atoms with Gasteiger partial charge in [-0.05, 0) is 25.5 Å². The van der Waals surface area contributed by atoms with Crippen LogP contribution in [0.15, 0.2) is 18.5 Å². The number of amides is 2. The minimum Gasteiger partial charge on any atom is -0.357 e. The molecule has 0 saturated carbocycles. The highest BCUT2D eigenvalue weighted by molar-refractivity contribution is 5.94. The lowest BCUT2D eigenvalue weighted by molar-refractivity contribution is -0.130. The lowest BCUT2D eigenvalue weighted by Crippen LogP contribution is -2.50. The number of hydrogen-bond acceptors (Lipinski definition) is 5. The molecule has 0 bridgehead atoms. The number of nitrogens with one attached hydrogen (secondary N) is 2. The molecule has 2 aromatic rings. The van der Waals surface area contributed by atoms with E-state index < -0.39 is 0 Å². The first-order valence-corrected chi connectivity index (χ1v) is 8.80. The number of H-pyrrole nitrogens is 1. The van der Waals surface area contributed by atoms with Gasteiger partial charge >= 0.3 is 0 Å². The number of rotatable bonds is 4. The second-order valence-electron chi connectivity index (χ2n) is 6.36. The van der Waals surface area contributed by atoms with Gasteiger partial charge in [-0.1, -0.05) is 0 Å². The van der Waals surface area contributed by atoms with E-state index in [1.807, 2.05) is 19.9 Å². The Morgan fingerprint density at radius 2 is 1.92 bits per heavy atom. The highest BCUT2D eigenvalue weighted by Gasteiger charge is 2.24. The molecule has 1 saturated heterocycles. The van der Waals surface area contributed by atoms with Crippen molar-refractivity contribution >= 4 is 17.8 Å². The molecule has 138 valence electrons. The normalized spacial score (nSPS) is 14.4. The molecule has 1 fully saturated rings. The summed E-state index contributed by atoms with van der Waals surface area (Å²) < 4.78 is 0. The van der Waals surface area contributed by atoms with Crippen molar-refractivity contribution in [3.05, 3.63) is 29.7 Å². The van der Waals surface area contributed by atoms with Crippen LogP contribution in [0.4, 0.5) is 5.95 Å². The summed E-state index contributed by atoms with van der Waals surface area (Å²) in [7, 11) is 0. The van der Waals surface area contributed by atoms with Gasteiger partial charge in [0.25, 0.3) is 5.91 Å². The number of carbonyl (C=O) groups is 2. The van der Waals surface area contributed by atoms with Gasteiger partial charge in [0, 0.05) is 57.6 Å². The van der Waals surface area contributed by atoms with Crippen molar-refractivity contribution in [3.63, 3.8) is 0 Å². The van der Waals surface area contributed by atoms with Crippen molar-refractivity contribution in [3.8, 4) is 11.3 Å². The Bertz CT molecular complexity index is 808. The number of piperazine rings is 1. The van der Waals surface area contributed by atoms with Gasteiger partial charge in [0.2, 0.25) is 11.9 Å². The number of nitrogens with zero attached hydrogens (tertiary/aromatic N) is 4. The second-order valence-corrected chi connectivity index (χ2v) is 6.36. The van der Waals surface area contributed by atoms with Gasteiger partial charge in [-0.25, -0.2) is 9.97 Å². The number of hydrogen-bond donors (Lipinski definition) is 2. The van der Waals surface area contributed by atoms with Crippen LogP contribution in [0.3, 0.4) is 0 Å². The Morgan fingerprint density at radius 3 is 2.58 bits per heavy atom. The van der Waals surface area contributed by atoms with E-state index in [1.165, 1.54) is 0 Å². The molecule has 26 heavy (non-hydrogen) atoms. The first-order chi connectivity index (χ1) is 12.5. The molecule has 8 nitrogen and oxygen atoms in total. The zero-order valence-electron chi connectivity index (χ0n) is 15.4. The van der Waals surface area contributed by atoms with E-state index in [9.17, 15) is 9.59 Å². The molecular weight excluding hydrogens is 332 g/mol. The first-order valence-electron chi connectivity index (χ1n) is 8.80. The van der Waals surface area contributed by atoms with Gasteiger partial charge in [-0.3, -0.25) is 9.59 Å². The first kappa shape index (κ1) is 17.9. The van der Waals surface area contributed by atoms with Crippen LogP contribution in [0.2, 0.25) is 0 Å². The summed E-state index contributed by atoms with van der Waals surface area (Å²) in [5.74, 6) is 0.565. The van der Waals surface area contributed by atoms with Crippen LogP contribution in [0.25, 0.3) is 11.3 Å². The van der Waals surface area contributed by atoms with Crippen LogP contribution in [0.5, 0.6) is 0 Å². The van der Waals surface area contributed by atoms with Gasteiger partial charge in [-0.2, -0.15) is 0 Å². The molecule has 3 heterocycles. The fraction of sp³-hybridized carbons (Fsp3) is 0.444. The third-order valence-corrected chi connectivity index (χ3v) is 4.51. The summed E-state index contributed by atoms with van der Waals surface area (Å²) in [5, 5.41) is 3.10. The van der Waals surface area contributed by atoms with Crippen LogP contribution in [-0.2, 0) is 4.79 Å². The predicted octanol–water partition coefficient (Wildman–Crippen LogP) is 1.52. The van der Waals surface area contributed by atoms with E-state index in [2.05, 4.69) is 20.3 Å². The van der Waals surface area contributed by atoms with Crippen LogP contribution >= 0.6 is 0 Å². The molecule has 0 radical (unpaired) electrons. The Kier molecular flexibility index (Phi) is 5.20. The van der Waals surface area contributed by atoms with Gasteiger partial charge in [0.05, 0.1) is 5.69 Å². The topological polar surface area (TPSA) is 94.2 Å². The SMILES string of the molecule is CCNc1ncc(C)c(-c2c[nH]c(C(=O)N3CCN(C(C)=O)CC3)c2)n1. The molecule has 1 aliphatic rings. The quantitative estimate of drug-likeness (QED) is 0.866. The van der Waals surface area contributed by atoms with E-state index in [-0.39, 0.29) is 11.8 Å². The molecule has 2 aromatic heterocycles. The third kappa shape index (κ3) is 3.68. The summed E-state index contributed by atoms with van der Waals surface area (Å²) in [6.45, 7) is 8.47. The third-order valence-electron chi connectivity index (χ3n) is 4.51. The maximum absolute atomic E-state index is 12.7. The Labute approximate surface area is 152 Å². The molecular formula is C18H24N6O2. The summed E-state index contributed by atoms with van der Waals surface area (Å²) in [4.78, 5) is 39.5. The van der Waals surface area contributed by atoms with Gasteiger partial charge in [0.15, 0.2) is 0 Å². The summed E-state index contributed by atoms with van der Waals surface area (Å²) >= 11 is 0. The average molecular weight is 356 g/mol. The van der Waals surface area contributed by atoms with Crippen LogP contribution in [0.1, 0.15) is 29.9 Å². The van der Waals surface area contributed by atoms with Gasteiger partial charge in [0.1, 0.15) is 5.69 Å². The maximum atomic E-state index is 12.7. The largest absolute Gasteiger partial charge is 0.357 e. The molecule has 0 atom stereocenters. The lowest BCUT2D eigenvalue weighted by Gasteiger charge is -2.33. The molecule has 1 aliphatic heterocycles. The smallest absolute Gasteiger partial charge is 0.270 e. The van der Waals surface area contributed by atoms with Gasteiger partial charge < -0.3 is 20.1 Å². The minimum absolute atomic E-state index is 0.0509. The van der Waals surface area contributed by atoms with Crippen molar-refractivity contribution in [2.75, 3.05) is 38.0 Å². The summed E-state index contributed by atoms with van der Waals surface area (Å²) in [5.41, 5.74) is 3.13. The molecule has 2 N–H and O–H groups in total. The Balaban J connectivity index is 1.75. The second kappa shape index (κ2) is 7.55. The van der Waals surface area contributed by atoms with Gasteiger partial charge in [-0.15, -0.1) is 0 Å². The fourth-order valence-electron chi connectivity index (χ4n) is 3.03. The predicted molar refractivity (Wildman–Crippen MR) is 98.9 cm³/mol. The van der Waals surface area contributed by atoms with Crippen LogP contribution in [-0.4, -0.2) is 69.3 Å². The monoisotopic (exact) mass is 356 g/mol. The minimum atomic E-state index is -0.0573. The molecule has 0 aliphatic carbocycles. The van der Waals surface area contributed by atoms with E-state index in [0.29, 0.717) is 37.8 Å². The van der Waals surface area contributed by atoms with E-state index in [4.69, 9.17) is 0 Å². The van der Waals surface area contributed by atoms with E-state index in [1.54, 1.807) is 29.1 Å². The number of aromatic amines is 1. The maximum Gasteiger partial charge on any atom is 0.270 e. The van der Waals surface area contributed by atoms with Crippen molar-refractivity contribution in [2.45, 2.75) is 20.8 Å². The van der Waals surface area contributed by atoms with E-state index >= 15 is 0 Å². The Morgan fingerprint density at radius 1 is 1.23 bits per heavy atom. The van der Waals surface area contributed by atoms with Crippen molar-refractivity contribution < 1.29 is 9.59 Å². The summed E-state index contributed by atoms with van der Waals surface area (Å²) in [6, 6.07) is 1.82. The number of anilines is 1. The standard InChI is InChI=1S/C18H24N6O2/c1-4-19-18-21-10-12(2)16(22-18)14-9-15(20-11-14)17(26)24-7-5-23(6-8-24)13(3)25/h9-11,20H,4-8H2,1-3H3,(H,19,21,22).